The van der Waals surface area contributed by atoms with E-state index in [4.69, 9.17) is 4.74 Å². The van der Waals surface area contributed by atoms with E-state index in [9.17, 15) is 14.4 Å². The number of rotatable bonds is 5. The molecule has 1 saturated heterocycles. The normalized spacial score (nSPS) is 15.2. The number of hydrogen-bond acceptors (Lipinski definition) is 4. The van der Waals surface area contributed by atoms with Crippen LogP contribution >= 0.6 is 15.9 Å². The zero-order valence-corrected chi connectivity index (χ0v) is 20.0. The Morgan fingerprint density at radius 3 is 2.42 bits per heavy atom. The quantitative estimate of drug-likeness (QED) is 0.392. The van der Waals surface area contributed by atoms with Gasteiger partial charge in [-0.25, -0.2) is 9.69 Å². The number of hydrogen-bond donors (Lipinski definition) is 1. The fraction of sp³-hybridized carbons (Fsp3) is 0.160. The average molecular weight is 508 g/mol. The van der Waals surface area contributed by atoms with Crippen LogP contribution < -0.4 is 15.0 Å². The Morgan fingerprint density at radius 1 is 1.03 bits per heavy atom. The van der Waals surface area contributed by atoms with Crippen molar-refractivity contribution in [2.24, 2.45) is 0 Å². The molecule has 1 aromatic heterocycles. The van der Waals surface area contributed by atoms with Crippen LogP contribution in [0.1, 0.15) is 23.9 Å². The van der Waals surface area contributed by atoms with Crippen LogP contribution in [0, 0.1) is 13.8 Å². The third kappa shape index (κ3) is 4.21. The highest BCUT2D eigenvalue weighted by atomic mass is 79.9. The number of carbonyl (C=O) groups excluding carboxylic acids is 3. The fourth-order valence-corrected chi connectivity index (χ4v) is 4.14. The van der Waals surface area contributed by atoms with Gasteiger partial charge in [0.25, 0.3) is 11.8 Å². The number of anilines is 1. The average Bonchev–Trinajstić information content (AvgIpc) is 3.06. The molecular formula is C25H22BrN3O4. The van der Waals surface area contributed by atoms with Crippen LogP contribution in [-0.2, 0) is 9.59 Å². The molecular weight excluding hydrogens is 486 g/mol. The van der Waals surface area contributed by atoms with E-state index in [0.717, 1.165) is 26.4 Å². The number of aryl methyl sites for hydroxylation is 1. The van der Waals surface area contributed by atoms with E-state index >= 15 is 0 Å². The summed E-state index contributed by atoms with van der Waals surface area (Å²) in [6.45, 7) is 6.04. The minimum Gasteiger partial charge on any atom is -0.492 e. The second-order valence-corrected chi connectivity index (χ2v) is 8.41. The maximum Gasteiger partial charge on any atom is 0.336 e. The molecule has 2 aromatic carbocycles. The predicted molar refractivity (Wildman–Crippen MR) is 130 cm³/mol. The van der Waals surface area contributed by atoms with Crippen LogP contribution in [0.15, 0.2) is 64.6 Å². The Hall–Kier alpha value is -3.65. The zero-order chi connectivity index (χ0) is 23.7. The van der Waals surface area contributed by atoms with Crippen molar-refractivity contribution in [3.63, 3.8) is 0 Å². The van der Waals surface area contributed by atoms with Gasteiger partial charge < -0.3 is 9.30 Å². The standard InChI is InChI=1S/C25H22BrN3O4/c1-4-33-22-8-6-5-7-21(22)29-24(31)20(23(30)27-25(29)32)14-17-13-15(2)28(16(17)3)19-11-9-18(26)10-12-19/h5-14H,4H2,1-3H3,(H,27,30,32)/b20-14-. The first-order valence-electron chi connectivity index (χ1n) is 10.4. The molecule has 33 heavy (non-hydrogen) atoms. The van der Waals surface area contributed by atoms with E-state index in [1.54, 1.807) is 24.3 Å². The first-order chi connectivity index (χ1) is 15.8. The molecule has 1 aliphatic rings. The number of halogens is 1. The molecule has 0 spiro atoms. The number of imide groups is 2. The number of ether oxygens (including phenoxy) is 1. The molecule has 1 aliphatic heterocycles. The molecule has 0 saturated carbocycles. The lowest BCUT2D eigenvalue weighted by Gasteiger charge is -2.27. The molecule has 0 atom stereocenters. The number of urea groups is 1. The molecule has 1 fully saturated rings. The van der Waals surface area contributed by atoms with Crippen molar-refractivity contribution in [2.45, 2.75) is 20.8 Å². The predicted octanol–water partition coefficient (Wildman–Crippen LogP) is 4.92. The molecule has 8 heteroatoms. The number of carbonyl (C=O) groups is 3. The maximum atomic E-state index is 13.3. The van der Waals surface area contributed by atoms with Crippen molar-refractivity contribution in [1.29, 1.82) is 0 Å². The summed E-state index contributed by atoms with van der Waals surface area (Å²) in [5.74, 6) is -1.06. The van der Waals surface area contributed by atoms with E-state index in [1.807, 2.05) is 55.7 Å². The van der Waals surface area contributed by atoms with E-state index in [-0.39, 0.29) is 11.3 Å². The number of amides is 4. The Kier molecular flexibility index (Phi) is 6.20. The summed E-state index contributed by atoms with van der Waals surface area (Å²) < 4.78 is 8.59. The Morgan fingerprint density at radius 2 is 1.73 bits per heavy atom. The first kappa shape index (κ1) is 22.5. The smallest absolute Gasteiger partial charge is 0.336 e. The van der Waals surface area contributed by atoms with Crippen molar-refractivity contribution in [2.75, 3.05) is 11.5 Å². The van der Waals surface area contributed by atoms with Crippen molar-refractivity contribution in [1.82, 2.24) is 9.88 Å². The summed E-state index contributed by atoms with van der Waals surface area (Å²) in [5.41, 5.74) is 3.62. The van der Waals surface area contributed by atoms with Crippen LogP contribution in [0.2, 0.25) is 0 Å². The molecule has 2 heterocycles. The molecule has 7 nitrogen and oxygen atoms in total. The lowest BCUT2D eigenvalue weighted by atomic mass is 10.1. The van der Waals surface area contributed by atoms with Crippen molar-refractivity contribution < 1.29 is 19.1 Å². The van der Waals surface area contributed by atoms with Gasteiger partial charge in [-0.1, -0.05) is 28.1 Å². The van der Waals surface area contributed by atoms with Gasteiger partial charge in [0, 0.05) is 21.5 Å². The Bertz CT molecular complexity index is 1290. The van der Waals surface area contributed by atoms with Gasteiger partial charge in [-0.05, 0) is 74.9 Å². The monoisotopic (exact) mass is 507 g/mol. The fourth-order valence-electron chi connectivity index (χ4n) is 3.87. The van der Waals surface area contributed by atoms with E-state index < -0.39 is 17.8 Å². The van der Waals surface area contributed by atoms with Gasteiger partial charge in [0.1, 0.15) is 11.3 Å². The SMILES string of the molecule is CCOc1ccccc1N1C(=O)NC(=O)/C(=C/c2cc(C)n(-c3ccc(Br)cc3)c2C)C1=O. The summed E-state index contributed by atoms with van der Waals surface area (Å²) in [7, 11) is 0. The first-order valence-corrected chi connectivity index (χ1v) is 11.2. The van der Waals surface area contributed by atoms with Gasteiger partial charge in [-0.15, -0.1) is 0 Å². The van der Waals surface area contributed by atoms with Crippen LogP contribution in [-0.4, -0.2) is 29.0 Å². The summed E-state index contributed by atoms with van der Waals surface area (Å²) in [4.78, 5) is 39.5. The van der Waals surface area contributed by atoms with Crippen LogP contribution in [0.4, 0.5) is 10.5 Å². The molecule has 4 amide bonds. The number of barbiturate groups is 1. The van der Waals surface area contributed by atoms with Gasteiger partial charge in [0.05, 0.1) is 12.3 Å². The van der Waals surface area contributed by atoms with Gasteiger partial charge in [0.15, 0.2) is 0 Å². The van der Waals surface area contributed by atoms with Crippen LogP contribution in [0.25, 0.3) is 11.8 Å². The second-order valence-electron chi connectivity index (χ2n) is 7.50. The van der Waals surface area contributed by atoms with Gasteiger partial charge in [0.2, 0.25) is 0 Å². The number of nitrogens with one attached hydrogen (secondary N) is 1. The lowest BCUT2D eigenvalue weighted by Crippen LogP contribution is -2.54. The summed E-state index contributed by atoms with van der Waals surface area (Å²) >= 11 is 3.44. The van der Waals surface area contributed by atoms with Crippen molar-refractivity contribution >= 4 is 45.5 Å². The van der Waals surface area contributed by atoms with Gasteiger partial charge in [-0.2, -0.15) is 0 Å². The third-order valence-electron chi connectivity index (χ3n) is 5.36. The van der Waals surface area contributed by atoms with Gasteiger partial charge in [-0.3, -0.25) is 14.9 Å². The minimum absolute atomic E-state index is 0.128. The summed E-state index contributed by atoms with van der Waals surface area (Å²) in [5, 5.41) is 2.27. The molecule has 3 aromatic rings. The van der Waals surface area contributed by atoms with E-state index in [0.29, 0.717) is 17.9 Å². The molecule has 0 unspecified atom stereocenters. The molecule has 0 radical (unpaired) electrons. The highest BCUT2D eigenvalue weighted by molar-refractivity contribution is 9.10. The highest BCUT2D eigenvalue weighted by Crippen LogP contribution is 2.32. The molecule has 0 aliphatic carbocycles. The molecule has 1 N–H and O–H groups in total. The molecule has 168 valence electrons. The minimum atomic E-state index is -0.811. The number of aromatic nitrogens is 1. The third-order valence-corrected chi connectivity index (χ3v) is 5.89. The van der Waals surface area contributed by atoms with E-state index in [2.05, 4.69) is 21.2 Å². The highest BCUT2D eigenvalue weighted by Gasteiger charge is 2.38. The molecule has 0 bridgehead atoms. The van der Waals surface area contributed by atoms with Crippen LogP contribution in [0.5, 0.6) is 5.75 Å². The summed E-state index contributed by atoms with van der Waals surface area (Å²) in [6.07, 6.45) is 1.53. The van der Waals surface area contributed by atoms with Gasteiger partial charge >= 0.3 is 6.03 Å². The van der Waals surface area contributed by atoms with E-state index in [1.165, 1.54) is 6.08 Å². The topological polar surface area (TPSA) is 80.6 Å². The van der Waals surface area contributed by atoms with Crippen LogP contribution in [0.3, 0.4) is 0 Å². The largest absolute Gasteiger partial charge is 0.492 e. The second kappa shape index (κ2) is 9.07. The lowest BCUT2D eigenvalue weighted by molar-refractivity contribution is -0.122. The Balaban J connectivity index is 1.76. The van der Waals surface area contributed by atoms with Crippen molar-refractivity contribution in [3.8, 4) is 11.4 Å². The zero-order valence-electron chi connectivity index (χ0n) is 18.4. The maximum absolute atomic E-state index is 13.3. The van der Waals surface area contributed by atoms with Crippen molar-refractivity contribution in [3.05, 3.63) is 81.6 Å². The number of benzene rings is 2. The number of para-hydroxylation sites is 2. The Labute approximate surface area is 199 Å². The molecule has 4 rings (SSSR count). The number of nitrogens with zero attached hydrogens (tertiary/aromatic N) is 2. The summed E-state index contributed by atoms with van der Waals surface area (Å²) in [6, 6.07) is 15.7.